The summed E-state index contributed by atoms with van der Waals surface area (Å²) in [6.07, 6.45) is 2.45. The molecule has 4 atom stereocenters. The SMILES string of the molecule is CC(=O)c1ccc(NC(=O)NC[C@H]2C[C@@H]3CCN2C[C@@H]3CN2CCOCC2)cc1. The Morgan fingerprint density at radius 1 is 1.14 bits per heavy atom. The topological polar surface area (TPSA) is 73.9 Å². The zero-order chi connectivity index (χ0) is 20.2. The molecule has 4 fully saturated rings. The first-order valence-corrected chi connectivity index (χ1v) is 10.8. The molecule has 5 rings (SSSR count). The molecule has 1 aromatic carbocycles. The molecule has 0 spiro atoms. The van der Waals surface area contributed by atoms with Crippen LogP contribution in [0.5, 0.6) is 0 Å². The van der Waals surface area contributed by atoms with Gasteiger partial charge in [0.05, 0.1) is 13.2 Å². The second-order valence-electron chi connectivity index (χ2n) is 8.57. The predicted octanol–water partition coefficient (Wildman–Crippen LogP) is 2.05. The summed E-state index contributed by atoms with van der Waals surface area (Å²) in [4.78, 5) is 28.7. The first-order chi connectivity index (χ1) is 14.1. The second-order valence-corrected chi connectivity index (χ2v) is 8.57. The highest BCUT2D eigenvalue weighted by Gasteiger charge is 2.40. The van der Waals surface area contributed by atoms with Gasteiger partial charge in [-0.1, -0.05) is 0 Å². The minimum Gasteiger partial charge on any atom is -0.379 e. The van der Waals surface area contributed by atoms with Gasteiger partial charge < -0.3 is 15.4 Å². The number of rotatable bonds is 6. The average Bonchev–Trinajstić information content (AvgIpc) is 2.74. The lowest BCUT2D eigenvalue weighted by atomic mass is 9.75. The fourth-order valence-corrected chi connectivity index (χ4v) is 4.96. The van der Waals surface area contributed by atoms with Crippen LogP contribution in [0.15, 0.2) is 24.3 Å². The van der Waals surface area contributed by atoms with Crippen molar-refractivity contribution in [2.75, 3.05) is 57.8 Å². The van der Waals surface area contributed by atoms with Crippen molar-refractivity contribution in [2.45, 2.75) is 25.8 Å². The molecule has 2 amide bonds. The van der Waals surface area contributed by atoms with Crippen LogP contribution in [0, 0.1) is 11.8 Å². The predicted molar refractivity (Wildman–Crippen MR) is 112 cm³/mol. The Labute approximate surface area is 172 Å². The maximum absolute atomic E-state index is 12.3. The summed E-state index contributed by atoms with van der Waals surface area (Å²) in [6.45, 7) is 9.52. The molecule has 7 nitrogen and oxygen atoms in total. The van der Waals surface area contributed by atoms with Gasteiger partial charge in [0.15, 0.2) is 5.78 Å². The number of fused-ring (bicyclic) bond motifs is 3. The van der Waals surface area contributed by atoms with E-state index in [0.717, 1.165) is 51.2 Å². The van der Waals surface area contributed by atoms with E-state index in [4.69, 9.17) is 4.74 Å². The highest BCUT2D eigenvalue weighted by Crippen LogP contribution is 2.36. The van der Waals surface area contributed by atoms with E-state index in [1.54, 1.807) is 24.3 Å². The van der Waals surface area contributed by atoms with E-state index in [1.807, 2.05) is 0 Å². The van der Waals surface area contributed by atoms with Gasteiger partial charge in [-0.25, -0.2) is 4.79 Å². The molecule has 0 radical (unpaired) electrons. The summed E-state index contributed by atoms with van der Waals surface area (Å²) in [5.41, 5.74) is 1.34. The number of nitrogens with zero attached hydrogens (tertiary/aromatic N) is 2. The largest absolute Gasteiger partial charge is 0.379 e. The number of piperidine rings is 3. The minimum absolute atomic E-state index is 0.0225. The van der Waals surface area contributed by atoms with E-state index in [1.165, 1.54) is 26.3 Å². The van der Waals surface area contributed by atoms with E-state index in [9.17, 15) is 9.59 Å². The normalized spacial score (nSPS) is 29.4. The third-order valence-electron chi connectivity index (χ3n) is 6.66. The first kappa shape index (κ1) is 20.3. The molecule has 0 aliphatic carbocycles. The number of carbonyl (C=O) groups is 2. The standard InChI is InChI=1S/C22H32N4O3/c1-16(27)17-2-4-20(5-3-17)24-22(28)23-13-21-12-18-6-7-26(21)15-19(18)14-25-8-10-29-11-9-25/h2-5,18-19,21H,6-15H2,1H3,(H2,23,24,28)/t18-,19-,21+/m0/s1. The monoisotopic (exact) mass is 400 g/mol. The fourth-order valence-electron chi connectivity index (χ4n) is 4.96. The van der Waals surface area contributed by atoms with E-state index in [0.29, 0.717) is 23.8 Å². The molecule has 2 bridgehead atoms. The molecule has 1 unspecified atom stereocenters. The molecule has 29 heavy (non-hydrogen) atoms. The third-order valence-corrected chi connectivity index (χ3v) is 6.66. The summed E-state index contributed by atoms with van der Waals surface area (Å²) >= 11 is 0. The first-order valence-electron chi connectivity index (χ1n) is 10.8. The Balaban J connectivity index is 1.22. The van der Waals surface area contributed by atoms with Crippen LogP contribution < -0.4 is 10.6 Å². The number of ketones is 1. The van der Waals surface area contributed by atoms with Crippen LogP contribution in [-0.2, 0) is 4.74 Å². The second kappa shape index (κ2) is 9.24. The van der Waals surface area contributed by atoms with Crippen LogP contribution in [0.2, 0.25) is 0 Å². The van der Waals surface area contributed by atoms with Crippen molar-refractivity contribution in [2.24, 2.45) is 11.8 Å². The summed E-state index contributed by atoms with van der Waals surface area (Å²) < 4.78 is 5.47. The van der Waals surface area contributed by atoms with Crippen LogP contribution in [-0.4, -0.2) is 80.1 Å². The summed E-state index contributed by atoms with van der Waals surface area (Å²) in [5.74, 6) is 1.53. The quantitative estimate of drug-likeness (QED) is 0.715. The molecule has 1 aromatic rings. The van der Waals surface area contributed by atoms with Gasteiger partial charge >= 0.3 is 6.03 Å². The highest BCUT2D eigenvalue weighted by molar-refractivity contribution is 5.95. The van der Waals surface area contributed by atoms with E-state index < -0.39 is 0 Å². The Kier molecular flexibility index (Phi) is 6.47. The molecule has 158 valence electrons. The smallest absolute Gasteiger partial charge is 0.319 e. The van der Waals surface area contributed by atoms with Gasteiger partial charge in [-0.05, 0) is 62.4 Å². The zero-order valence-electron chi connectivity index (χ0n) is 17.2. The number of urea groups is 1. The Morgan fingerprint density at radius 3 is 2.55 bits per heavy atom. The number of benzene rings is 1. The number of anilines is 1. The molecule has 0 saturated carbocycles. The van der Waals surface area contributed by atoms with Crippen LogP contribution in [0.3, 0.4) is 0 Å². The van der Waals surface area contributed by atoms with E-state index in [-0.39, 0.29) is 11.8 Å². The molecular weight excluding hydrogens is 368 g/mol. The van der Waals surface area contributed by atoms with E-state index in [2.05, 4.69) is 20.4 Å². The number of ether oxygens (including phenoxy) is 1. The molecule has 0 aromatic heterocycles. The zero-order valence-corrected chi connectivity index (χ0v) is 17.2. The average molecular weight is 401 g/mol. The molecule has 4 heterocycles. The number of hydrogen-bond donors (Lipinski definition) is 2. The lowest BCUT2D eigenvalue weighted by Gasteiger charge is -2.51. The third kappa shape index (κ3) is 5.15. The molecule has 4 aliphatic rings. The fraction of sp³-hybridized carbons (Fsp3) is 0.636. The van der Waals surface area contributed by atoms with Gasteiger partial charge in [0.25, 0.3) is 0 Å². The summed E-state index contributed by atoms with van der Waals surface area (Å²) in [7, 11) is 0. The molecular formula is C22H32N4O3. The Hall–Kier alpha value is -1.96. The lowest BCUT2D eigenvalue weighted by molar-refractivity contribution is -0.0289. The molecule has 7 heteroatoms. The lowest BCUT2D eigenvalue weighted by Crippen LogP contribution is -2.59. The van der Waals surface area contributed by atoms with Crippen LogP contribution in [0.25, 0.3) is 0 Å². The van der Waals surface area contributed by atoms with Crippen LogP contribution >= 0.6 is 0 Å². The van der Waals surface area contributed by atoms with Gasteiger partial charge in [0.1, 0.15) is 0 Å². The maximum atomic E-state index is 12.3. The number of morpholine rings is 1. The van der Waals surface area contributed by atoms with Crippen LogP contribution in [0.4, 0.5) is 10.5 Å². The van der Waals surface area contributed by atoms with Gasteiger partial charge in [-0.3, -0.25) is 14.6 Å². The van der Waals surface area contributed by atoms with Crippen molar-refractivity contribution in [1.29, 1.82) is 0 Å². The summed E-state index contributed by atoms with van der Waals surface area (Å²) in [6, 6.07) is 7.24. The van der Waals surface area contributed by atoms with Gasteiger partial charge in [0.2, 0.25) is 0 Å². The van der Waals surface area contributed by atoms with Crippen molar-refractivity contribution in [3.8, 4) is 0 Å². The van der Waals surface area contributed by atoms with Crippen molar-refractivity contribution in [3.05, 3.63) is 29.8 Å². The number of nitrogens with one attached hydrogen (secondary N) is 2. The van der Waals surface area contributed by atoms with Crippen molar-refractivity contribution in [1.82, 2.24) is 15.1 Å². The number of hydrogen-bond acceptors (Lipinski definition) is 5. The van der Waals surface area contributed by atoms with E-state index >= 15 is 0 Å². The molecule has 2 N–H and O–H groups in total. The van der Waals surface area contributed by atoms with Gasteiger partial charge in [0, 0.05) is 50.0 Å². The maximum Gasteiger partial charge on any atom is 0.319 e. The molecule has 4 aliphatic heterocycles. The highest BCUT2D eigenvalue weighted by atomic mass is 16.5. The molecule has 4 saturated heterocycles. The van der Waals surface area contributed by atoms with Crippen molar-refractivity contribution in [3.63, 3.8) is 0 Å². The summed E-state index contributed by atoms with van der Waals surface area (Å²) in [5, 5.41) is 5.89. The van der Waals surface area contributed by atoms with Gasteiger partial charge in [-0.2, -0.15) is 0 Å². The number of carbonyl (C=O) groups excluding carboxylic acids is 2. The Bertz CT molecular complexity index is 717. The van der Waals surface area contributed by atoms with Crippen molar-refractivity contribution < 1.29 is 14.3 Å². The number of amides is 2. The Morgan fingerprint density at radius 2 is 1.90 bits per heavy atom. The minimum atomic E-state index is -0.187. The number of Topliss-reactive ketones (excluding diaryl/α,β-unsaturated/α-hetero) is 1. The van der Waals surface area contributed by atoms with Crippen molar-refractivity contribution >= 4 is 17.5 Å². The van der Waals surface area contributed by atoms with Crippen LogP contribution in [0.1, 0.15) is 30.1 Å². The van der Waals surface area contributed by atoms with Gasteiger partial charge in [-0.15, -0.1) is 0 Å².